The van der Waals surface area contributed by atoms with Crippen molar-refractivity contribution >= 4 is 23.3 Å². The number of carboxylic acids is 1. The van der Waals surface area contributed by atoms with E-state index in [2.05, 4.69) is 0 Å². The first kappa shape index (κ1) is 29.7. The Labute approximate surface area is 162 Å². The first-order valence-electron chi connectivity index (χ1n) is 7.36. The van der Waals surface area contributed by atoms with Crippen LogP contribution in [0.5, 0.6) is 0 Å². The Morgan fingerprint density at radius 1 is 1.14 bits per heavy atom. The van der Waals surface area contributed by atoms with E-state index in [1.807, 2.05) is 41.5 Å². The first-order chi connectivity index (χ1) is 10.1. The van der Waals surface area contributed by atoms with Crippen molar-refractivity contribution in [3.63, 3.8) is 0 Å². The number of rotatable bonds is 4. The van der Waals surface area contributed by atoms with Gasteiger partial charge in [0.15, 0.2) is 0 Å². The van der Waals surface area contributed by atoms with E-state index in [1.165, 1.54) is 4.90 Å². The number of carbonyl (C=O) groups excluding carboxylic acids is 1. The summed E-state index contributed by atoms with van der Waals surface area (Å²) in [6, 6.07) is 5.60. The number of hydrogen-bond acceptors (Lipinski definition) is 4. The molecule has 1 atom stereocenters. The Balaban J connectivity index is -0.000000206. The molecule has 22 heavy (non-hydrogen) atoms. The van der Waals surface area contributed by atoms with Gasteiger partial charge in [-0.15, -0.1) is 0 Å². The fourth-order valence-corrected chi connectivity index (χ4v) is 1.34. The number of anilines is 1. The van der Waals surface area contributed by atoms with Crippen LogP contribution in [0.15, 0.2) is 24.3 Å². The molecule has 0 radical (unpaired) electrons. The molecule has 0 bridgehead atoms. The Morgan fingerprint density at radius 2 is 1.50 bits per heavy atom. The third-order valence-electron chi connectivity index (χ3n) is 2.15. The summed E-state index contributed by atoms with van der Waals surface area (Å²) in [6.07, 6.45) is 0. The van der Waals surface area contributed by atoms with Crippen molar-refractivity contribution in [2.24, 2.45) is 0 Å². The van der Waals surface area contributed by atoms with Gasteiger partial charge in [0.1, 0.15) is 0 Å². The number of benzene rings is 1. The van der Waals surface area contributed by atoms with Gasteiger partial charge in [-0.1, -0.05) is 53.1 Å². The summed E-state index contributed by atoms with van der Waals surface area (Å²) >= 11 is 5.70. The maximum atomic E-state index is 10.7. The summed E-state index contributed by atoms with van der Waals surface area (Å²) in [5.74, 6) is -1.31. The number of likely N-dealkylation sites (N-methyl/N-ethyl adjacent to an activating group) is 1. The van der Waals surface area contributed by atoms with Crippen LogP contribution in [0.1, 0.15) is 41.5 Å². The van der Waals surface area contributed by atoms with Crippen molar-refractivity contribution in [3.8, 4) is 0 Å². The standard InChI is InChI=1S/C10H12ClNO3.3C2H6.Na/c1-12(9(6-13)10(14)15)8-4-2-7(11)3-5-8;3*1-2;/h2-5,9,13H,6H2,1H3,(H,14,15);3*1-2H3;/q;;;;+1/p-1. The van der Waals surface area contributed by atoms with Crippen LogP contribution in [0.3, 0.4) is 0 Å². The molecule has 0 aromatic heterocycles. The first-order valence-corrected chi connectivity index (χ1v) is 7.74. The average molecular weight is 342 g/mol. The van der Waals surface area contributed by atoms with Gasteiger partial charge in [0.25, 0.3) is 0 Å². The van der Waals surface area contributed by atoms with Crippen LogP contribution in [0.2, 0.25) is 5.02 Å². The summed E-state index contributed by atoms with van der Waals surface area (Å²) in [5.41, 5.74) is 0.655. The van der Waals surface area contributed by atoms with E-state index in [0.29, 0.717) is 10.7 Å². The smallest absolute Gasteiger partial charge is 0.548 e. The second kappa shape index (κ2) is 20.7. The molecule has 4 nitrogen and oxygen atoms in total. The van der Waals surface area contributed by atoms with Crippen molar-refractivity contribution in [1.29, 1.82) is 0 Å². The Kier molecular flexibility index (Phi) is 28.0. The van der Waals surface area contributed by atoms with Crippen molar-refractivity contribution in [2.75, 3.05) is 18.6 Å². The largest absolute Gasteiger partial charge is 1.00 e. The van der Waals surface area contributed by atoms with E-state index >= 15 is 0 Å². The third-order valence-corrected chi connectivity index (χ3v) is 2.40. The molecule has 0 saturated heterocycles. The van der Waals surface area contributed by atoms with E-state index in [1.54, 1.807) is 31.3 Å². The summed E-state index contributed by atoms with van der Waals surface area (Å²) in [4.78, 5) is 12.1. The Hall–Kier alpha value is -0.260. The minimum absolute atomic E-state index is 0. The van der Waals surface area contributed by atoms with E-state index in [4.69, 9.17) is 16.7 Å². The number of nitrogens with zero attached hydrogens (tertiary/aromatic N) is 1. The monoisotopic (exact) mass is 341 g/mol. The summed E-state index contributed by atoms with van der Waals surface area (Å²) in [5, 5.41) is 20.1. The number of carboxylic acid groups (broad SMARTS) is 1. The van der Waals surface area contributed by atoms with Crippen LogP contribution in [-0.2, 0) is 4.79 Å². The molecule has 6 heteroatoms. The number of halogens is 1. The van der Waals surface area contributed by atoms with Gasteiger partial charge in [0, 0.05) is 17.8 Å². The molecular weight excluding hydrogens is 313 g/mol. The molecule has 0 heterocycles. The molecule has 0 aliphatic rings. The van der Waals surface area contributed by atoms with Gasteiger partial charge in [-0.3, -0.25) is 0 Å². The van der Waals surface area contributed by atoms with Crippen LogP contribution in [-0.4, -0.2) is 30.8 Å². The average Bonchev–Trinajstić information content (AvgIpc) is 2.54. The van der Waals surface area contributed by atoms with Crippen LogP contribution in [0.4, 0.5) is 5.69 Å². The van der Waals surface area contributed by atoms with Crippen molar-refractivity contribution in [1.82, 2.24) is 0 Å². The number of aliphatic hydroxyl groups is 1. The van der Waals surface area contributed by atoms with Crippen LogP contribution >= 0.6 is 11.6 Å². The molecule has 0 saturated carbocycles. The van der Waals surface area contributed by atoms with E-state index in [0.717, 1.165) is 0 Å². The van der Waals surface area contributed by atoms with Gasteiger partial charge < -0.3 is 19.9 Å². The maximum absolute atomic E-state index is 10.7. The molecule has 1 aromatic rings. The molecule has 0 fully saturated rings. The zero-order valence-electron chi connectivity index (χ0n) is 15.2. The minimum Gasteiger partial charge on any atom is -0.548 e. The molecule has 124 valence electrons. The van der Waals surface area contributed by atoms with E-state index < -0.39 is 18.6 Å². The Bertz CT molecular complexity index is 348. The quantitative estimate of drug-likeness (QED) is 0.781. The molecule has 0 amide bonds. The van der Waals surface area contributed by atoms with Crippen LogP contribution < -0.4 is 39.6 Å². The number of aliphatic hydroxyl groups excluding tert-OH is 1. The summed E-state index contributed by atoms with van der Waals surface area (Å²) in [6.45, 7) is 11.5. The Morgan fingerprint density at radius 3 is 1.77 bits per heavy atom. The molecule has 1 rings (SSSR count). The molecule has 0 spiro atoms. The van der Waals surface area contributed by atoms with E-state index in [-0.39, 0.29) is 29.6 Å². The molecule has 1 aromatic carbocycles. The predicted octanol–water partition coefficient (Wildman–Crippen LogP) is -0.0304. The van der Waals surface area contributed by atoms with Gasteiger partial charge in [0.05, 0.1) is 18.6 Å². The molecule has 1 unspecified atom stereocenters. The number of hydrogen-bond donors (Lipinski definition) is 1. The normalized spacial score (nSPS) is 9.14. The molecule has 1 N–H and O–H groups in total. The van der Waals surface area contributed by atoms with Gasteiger partial charge >= 0.3 is 29.6 Å². The van der Waals surface area contributed by atoms with Gasteiger partial charge in [0.2, 0.25) is 0 Å². The molecule has 0 aliphatic carbocycles. The fraction of sp³-hybridized carbons (Fsp3) is 0.562. The number of carbonyl (C=O) groups is 1. The molecule has 0 aliphatic heterocycles. The zero-order valence-corrected chi connectivity index (χ0v) is 17.9. The maximum Gasteiger partial charge on any atom is 1.00 e. The SMILES string of the molecule is CC.CC.CC.CN(c1ccc(Cl)cc1)C(CO)C(=O)[O-].[Na+]. The van der Waals surface area contributed by atoms with Crippen molar-refractivity contribution in [3.05, 3.63) is 29.3 Å². The van der Waals surface area contributed by atoms with Crippen molar-refractivity contribution in [2.45, 2.75) is 47.6 Å². The third kappa shape index (κ3) is 12.3. The molecular formula is C16H29ClNNaO3. The predicted molar refractivity (Wildman–Crippen MR) is 89.8 cm³/mol. The summed E-state index contributed by atoms with van der Waals surface area (Å²) in [7, 11) is 1.57. The topological polar surface area (TPSA) is 63.6 Å². The van der Waals surface area contributed by atoms with Gasteiger partial charge in [-0.25, -0.2) is 0 Å². The fourth-order valence-electron chi connectivity index (χ4n) is 1.21. The minimum atomic E-state index is -1.31. The van der Waals surface area contributed by atoms with Crippen LogP contribution in [0, 0.1) is 0 Å². The summed E-state index contributed by atoms with van der Waals surface area (Å²) < 4.78 is 0. The van der Waals surface area contributed by atoms with Crippen molar-refractivity contribution < 1.29 is 44.6 Å². The van der Waals surface area contributed by atoms with Gasteiger partial charge in [-0.2, -0.15) is 0 Å². The van der Waals surface area contributed by atoms with E-state index in [9.17, 15) is 9.90 Å². The zero-order chi connectivity index (χ0) is 17.4. The second-order valence-electron chi connectivity index (χ2n) is 3.10. The second-order valence-corrected chi connectivity index (χ2v) is 3.54. The number of aliphatic carboxylic acids is 1. The van der Waals surface area contributed by atoms with Gasteiger partial charge in [-0.05, 0) is 24.3 Å². The van der Waals surface area contributed by atoms with Crippen LogP contribution in [0.25, 0.3) is 0 Å².